The Labute approximate surface area is 216 Å². The monoisotopic (exact) mass is 501 g/mol. The number of imide groups is 1. The highest BCUT2D eigenvalue weighted by atomic mass is 16.5. The third kappa shape index (κ3) is 6.09. The van der Waals surface area contributed by atoms with Gasteiger partial charge in [-0.25, -0.2) is 9.69 Å². The van der Waals surface area contributed by atoms with Crippen molar-refractivity contribution in [2.75, 3.05) is 23.9 Å². The third-order valence-electron chi connectivity index (χ3n) is 6.06. The lowest BCUT2D eigenvalue weighted by molar-refractivity contribution is -0.124. The molecule has 1 atom stereocenters. The Morgan fingerprint density at radius 2 is 1.73 bits per heavy atom. The number of carbonyl (C=O) groups is 3. The van der Waals surface area contributed by atoms with E-state index in [1.807, 2.05) is 44.2 Å². The van der Waals surface area contributed by atoms with Gasteiger partial charge >= 0.3 is 6.03 Å². The number of anilines is 2. The van der Waals surface area contributed by atoms with Crippen LogP contribution >= 0.6 is 0 Å². The zero-order valence-electron chi connectivity index (χ0n) is 21.3. The Morgan fingerprint density at radius 1 is 0.973 bits per heavy atom. The van der Waals surface area contributed by atoms with Crippen molar-refractivity contribution < 1.29 is 23.9 Å². The molecule has 1 heterocycles. The first-order chi connectivity index (χ1) is 17.9. The maximum Gasteiger partial charge on any atom is 0.332 e. The molecule has 1 N–H and O–H groups in total. The number of aryl methyl sites for hydroxylation is 1. The van der Waals surface area contributed by atoms with E-state index in [-0.39, 0.29) is 18.9 Å². The van der Waals surface area contributed by atoms with E-state index in [1.165, 1.54) is 4.90 Å². The SMILES string of the molecule is CCCOc1ccc(NC(=O)CC2C(=O)N(c3cccc(C)c3)C(=O)N2Cc2cccc(OC)c2)cc1. The summed E-state index contributed by atoms with van der Waals surface area (Å²) in [5.41, 5.74) is 2.78. The molecule has 37 heavy (non-hydrogen) atoms. The van der Waals surface area contributed by atoms with Crippen molar-refractivity contribution in [2.24, 2.45) is 0 Å². The van der Waals surface area contributed by atoms with Gasteiger partial charge in [0.15, 0.2) is 0 Å². The van der Waals surface area contributed by atoms with Gasteiger partial charge in [-0.1, -0.05) is 31.2 Å². The molecule has 0 spiro atoms. The highest BCUT2D eigenvalue weighted by molar-refractivity contribution is 6.22. The van der Waals surface area contributed by atoms with Crippen LogP contribution in [0.5, 0.6) is 11.5 Å². The topological polar surface area (TPSA) is 88.2 Å². The molecular formula is C29H31N3O5. The van der Waals surface area contributed by atoms with Crippen LogP contribution in [0.25, 0.3) is 0 Å². The second kappa shape index (κ2) is 11.6. The van der Waals surface area contributed by atoms with Crippen molar-refractivity contribution in [1.82, 2.24) is 4.90 Å². The molecule has 0 radical (unpaired) electrons. The number of nitrogens with one attached hydrogen (secondary N) is 1. The standard InChI is InChI=1S/C29H31N3O5/c1-4-15-37-24-13-11-22(12-14-24)30-27(33)18-26-28(34)32(23-9-5-7-20(2)16-23)29(35)31(26)19-21-8-6-10-25(17-21)36-3/h5-14,16-17,26H,4,15,18-19H2,1-3H3,(H,30,33). The minimum atomic E-state index is -0.952. The molecule has 3 aromatic rings. The number of urea groups is 1. The molecular weight excluding hydrogens is 470 g/mol. The fourth-order valence-electron chi connectivity index (χ4n) is 4.23. The first-order valence-electron chi connectivity index (χ1n) is 12.3. The largest absolute Gasteiger partial charge is 0.497 e. The summed E-state index contributed by atoms with van der Waals surface area (Å²) in [5, 5.41) is 2.83. The lowest BCUT2D eigenvalue weighted by atomic mass is 10.1. The number of benzene rings is 3. The third-order valence-corrected chi connectivity index (χ3v) is 6.06. The zero-order valence-corrected chi connectivity index (χ0v) is 21.3. The smallest absolute Gasteiger partial charge is 0.332 e. The van der Waals surface area contributed by atoms with Crippen LogP contribution in [0.1, 0.15) is 30.9 Å². The normalized spacial score (nSPS) is 15.2. The molecule has 1 aliphatic heterocycles. The molecule has 1 unspecified atom stereocenters. The van der Waals surface area contributed by atoms with E-state index >= 15 is 0 Å². The molecule has 0 bridgehead atoms. The Bertz CT molecular complexity index is 1270. The van der Waals surface area contributed by atoms with E-state index in [9.17, 15) is 14.4 Å². The molecule has 1 saturated heterocycles. The number of amides is 4. The van der Waals surface area contributed by atoms with Crippen molar-refractivity contribution in [3.05, 3.63) is 83.9 Å². The van der Waals surface area contributed by atoms with Crippen LogP contribution in [0, 0.1) is 6.92 Å². The summed E-state index contributed by atoms with van der Waals surface area (Å²) in [6, 6.07) is 20.1. The number of nitrogens with zero attached hydrogens (tertiary/aromatic N) is 2. The predicted octanol–water partition coefficient (Wildman–Crippen LogP) is 5.16. The van der Waals surface area contributed by atoms with Crippen molar-refractivity contribution in [1.29, 1.82) is 0 Å². The molecule has 0 saturated carbocycles. The van der Waals surface area contributed by atoms with Crippen LogP contribution in [-0.4, -0.2) is 42.5 Å². The summed E-state index contributed by atoms with van der Waals surface area (Å²) in [7, 11) is 1.57. The minimum Gasteiger partial charge on any atom is -0.497 e. The summed E-state index contributed by atoms with van der Waals surface area (Å²) >= 11 is 0. The second-order valence-electron chi connectivity index (χ2n) is 8.92. The maximum absolute atomic E-state index is 13.5. The van der Waals surface area contributed by atoms with Gasteiger partial charge in [0.05, 0.1) is 25.8 Å². The van der Waals surface area contributed by atoms with E-state index in [0.717, 1.165) is 28.2 Å². The van der Waals surface area contributed by atoms with Gasteiger partial charge in [0.1, 0.15) is 17.5 Å². The van der Waals surface area contributed by atoms with Gasteiger partial charge < -0.3 is 19.7 Å². The number of carbonyl (C=O) groups excluding carboxylic acids is 3. The Balaban J connectivity index is 1.55. The van der Waals surface area contributed by atoms with Crippen LogP contribution in [-0.2, 0) is 16.1 Å². The first kappa shape index (κ1) is 25.8. The van der Waals surface area contributed by atoms with E-state index in [1.54, 1.807) is 49.6 Å². The van der Waals surface area contributed by atoms with Crippen LogP contribution in [0.4, 0.5) is 16.2 Å². The molecule has 0 aromatic heterocycles. The molecule has 1 fully saturated rings. The summed E-state index contributed by atoms with van der Waals surface area (Å²) in [5.74, 6) is 0.563. The Hall–Kier alpha value is -4.33. The van der Waals surface area contributed by atoms with Gasteiger partial charge in [-0.3, -0.25) is 9.59 Å². The van der Waals surface area contributed by atoms with E-state index in [2.05, 4.69) is 5.32 Å². The molecule has 8 nitrogen and oxygen atoms in total. The average molecular weight is 502 g/mol. The zero-order chi connectivity index (χ0) is 26.4. The van der Waals surface area contributed by atoms with Crippen molar-refractivity contribution in [2.45, 2.75) is 39.3 Å². The number of methoxy groups -OCH3 is 1. The summed E-state index contributed by atoms with van der Waals surface area (Å²) in [6.45, 7) is 4.70. The minimum absolute atomic E-state index is 0.158. The summed E-state index contributed by atoms with van der Waals surface area (Å²) < 4.78 is 10.9. The number of ether oxygens (including phenoxy) is 2. The summed E-state index contributed by atoms with van der Waals surface area (Å²) in [4.78, 5) is 42.6. The molecule has 1 aliphatic rings. The Kier molecular flexibility index (Phi) is 8.08. The van der Waals surface area contributed by atoms with Crippen LogP contribution < -0.4 is 19.7 Å². The number of hydrogen-bond acceptors (Lipinski definition) is 5. The quantitative estimate of drug-likeness (QED) is 0.388. The lowest BCUT2D eigenvalue weighted by Crippen LogP contribution is -2.37. The van der Waals surface area contributed by atoms with E-state index in [0.29, 0.717) is 23.7 Å². The molecule has 8 heteroatoms. The second-order valence-corrected chi connectivity index (χ2v) is 8.92. The van der Waals surface area contributed by atoms with Crippen molar-refractivity contribution >= 4 is 29.2 Å². The lowest BCUT2D eigenvalue weighted by Gasteiger charge is -2.22. The van der Waals surface area contributed by atoms with Crippen LogP contribution in [0.2, 0.25) is 0 Å². The number of hydrogen-bond donors (Lipinski definition) is 1. The Morgan fingerprint density at radius 3 is 2.43 bits per heavy atom. The van der Waals surface area contributed by atoms with E-state index < -0.39 is 18.0 Å². The van der Waals surface area contributed by atoms with E-state index in [4.69, 9.17) is 9.47 Å². The molecule has 0 aliphatic carbocycles. The molecule has 4 rings (SSSR count). The number of rotatable bonds is 10. The predicted molar refractivity (Wildman–Crippen MR) is 142 cm³/mol. The van der Waals surface area contributed by atoms with Gasteiger partial charge in [-0.15, -0.1) is 0 Å². The van der Waals surface area contributed by atoms with Crippen LogP contribution in [0.15, 0.2) is 72.8 Å². The van der Waals surface area contributed by atoms with Crippen molar-refractivity contribution in [3.63, 3.8) is 0 Å². The average Bonchev–Trinajstić information content (AvgIpc) is 3.12. The first-order valence-corrected chi connectivity index (χ1v) is 12.3. The molecule has 4 amide bonds. The summed E-state index contributed by atoms with van der Waals surface area (Å²) in [6.07, 6.45) is 0.726. The highest BCUT2D eigenvalue weighted by Crippen LogP contribution is 2.30. The van der Waals surface area contributed by atoms with Gasteiger partial charge in [0, 0.05) is 12.2 Å². The van der Waals surface area contributed by atoms with Gasteiger partial charge in [0.2, 0.25) is 5.91 Å². The van der Waals surface area contributed by atoms with Crippen molar-refractivity contribution in [3.8, 4) is 11.5 Å². The highest BCUT2D eigenvalue weighted by Gasteiger charge is 2.46. The molecule has 192 valence electrons. The van der Waals surface area contributed by atoms with Gasteiger partial charge in [-0.05, 0) is 73.0 Å². The van der Waals surface area contributed by atoms with Gasteiger partial charge in [-0.2, -0.15) is 0 Å². The molecule has 3 aromatic carbocycles. The fourth-order valence-corrected chi connectivity index (χ4v) is 4.23. The maximum atomic E-state index is 13.5. The fraction of sp³-hybridized carbons (Fsp3) is 0.276. The van der Waals surface area contributed by atoms with Crippen LogP contribution in [0.3, 0.4) is 0 Å². The van der Waals surface area contributed by atoms with Gasteiger partial charge in [0.25, 0.3) is 5.91 Å².